The van der Waals surface area contributed by atoms with Crippen LogP contribution in [0.15, 0.2) is 80.4 Å². The number of carbonyl (C=O) groups excluding carboxylic acids is 2. The Morgan fingerprint density at radius 2 is 1.43 bits per heavy atom. The summed E-state index contributed by atoms with van der Waals surface area (Å²) in [7, 11) is -10.4. The molecule has 619 valence electrons. The number of fused-ring (bicyclic) bond motifs is 8. The van der Waals surface area contributed by atoms with Crippen molar-refractivity contribution in [3.63, 3.8) is 0 Å². The zero-order valence-corrected chi connectivity index (χ0v) is 67.4. The summed E-state index contributed by atoms with van der Waals surface area (Å²) in [5.41, 5.74) is 12.5. The minimum absolute atomic E-state index is 0. The third-order valence-corrected chi connectivity index (χ3v) is 25.6. The van der Waals surface area contributed by atoms with Crippen LogP contribution in [0.25, 0.3) is 22.2 Å². The smallest absolute Gasteiger partial charge is 0.862 e. The molecule has 4 aromatic rings. The molecule has 2 amide bonds. The van der Waals surface area contributed by atoms with Crippen LogP contribution in [-0.2, 0) is 58.5 Å². The van der Waals surface area contributed by atoms with Crippen molar-refractivity contribution in [2.75, 3.05) is 18.9 Å². The van der Waals surface area contributed by atoms with Gasteiger partial charge in [-0.1, -0.05) is 34.6 Å². The Balaban J connectivity index is 0.000000669. The molecule has 0 saturated carbocycles. The van der Waals surface area contributed by atoms with Crippen LogP contribution < -0.4 is 52.2 Å². The predicted octanol–water partition coefficient (Wildman–Crippen LogP) is 1.01. The van der Waals surface area contributed by atoms with Crippen LogP contribution >= 0.6 is 15.6 Å². The number of nitrogen functional groups attached to an aromatic ring is 1. The number of benzene rings is 1. The number of aliphatic imine (C=N–C) groups is 3. The number of aliphatic hydroxyl groups excluding tert-OH is 3. The first kappa shape index (κ1) is 88.8. The summed E-state index contributed by atoms with van der Waals surface area (Å²) in [6.45, 7) is 19.8. The summed E-state index contributed by atoms with van der Waals surface area (Å²) in [5, 5.41) is 144. The summed E-state index contributed by atoms with van der Waals surface area (Å²) in [6.07, 6.45) is -7.18. The zero-order valence-electron chi connectivity index (χ0n) is 64.6. The number of hydrogen-bond acceptors (Lipinski definition) is 30. The summed E-state index contributed by atoms with van der Waals surface area (Å²) >= 11 is 0. The largest absolute Gasteiger partial charge is 2.00 e. The van der Waals surface area contributed by atoms with Crippen LogP contribution in [0.3, 0.4) is 0 Å². The monoisotopic (exact) mass is 1660 g/mol. The Hall–Kier alpha value is -8.11. The Morgan fingerprint density at radius 3 is 2.03 bits per heavy atom. The molecule has 18 N–H and O–H groups in total. The third-order valence-electron chi connectivity index (χ3n) is 23.9. The number of amides is 2. The summed E-state index contributed by atoms with van der Waals surface area (Å²) in [6, 6.07) is 2.51. The van der Waals surface area contributed by atoms with Crippen molar-refractivity contribution < 1.29 is 119 Å². The fourth-order valence-corrected chi connectivity index (χ4v) is 19.2. The quantitative estimate of drug-likeness (QED) is 0.0156. The predicted molar refractivity (Wildman–Crippen MR) is 397 cm³/mol. The standard InChI is InChI=1S/C62H91N13O17P2.C10H13N5O3.Co/c1-29-20-39-40(21-30(29)2)75(28-70-39)57-52(83)53(41(90-57)27-89-93(84,85)86)92-94(87,88)91-31(3)26-69-49(82)18-19-59(8)37(22-46(66)79)56-62(11)61(10,25-48(68)81)36(14-17-45(65)78)51(74-62)33(5)55-60(9,24-47(67)80)34(12-15-43(63)76)38(71-55)23-42-58(6,7)35(13-16-44(64)77)50(72-42)32(4)54(59)73-56;1-4-6(16)7(17)10(18-4)15-3-14-5-8(11)12-2-13-9(5)15;/h20-21,23,28,31,34-37,41,52-53,56-57,83H,12-19,22,24-27H2,1-11H3,(H17,63,64,65,66,67,68,69,71,72,73,74,76,77,78,79,80,81,82,84,85,86,87,88);2-4,6-7,10,16-17H,1H3,(H2,11,12,13);/q;;+2/p-4/t31-,34-,35-,36-,37+,41-,52-,53-,56-,57+,59-,60+,61+,62+;4-,6-,7-,10-;/m11./s1. The van der Waals surface area contributed by atoms with Gasteiger partial charge in [0.1, 0.15) is 42.4 Å². The maximum Gasteiger partial charge on any atom is 2.00 e. The SMILES string of the molecule is CC1=C2N=C(C=C3NC(=C(C)C4=N[C@@](C)([C@@H]5N=C1[C@](C)(CCC(=O)NC[C@@H](C)OP(=O)(O)O[C@H]1[C@@H](O)[C@@H]([n+]6c[nH]c7cc(C)c(C)cc76)O[C@@H]1COP(=O)(O)O)[C@H]5CC(=N)[O-])[C@@](C)(CC(N)=O)[C@@H]4CCC(=N)[O-])[C@@](C)(CC(=N)[O-])[C@@H]3CCC(=N)[O-])C(C)(C)[C@@H]2CCC(=N)[O-].C[C@H]1O[C@@H](n2cnc3c(N)ncnc32)[C@H](O)[C@@H]1O.[Co+2]. The number of ether oxygens (including phenoxy) is 2. The third kappa shape index (κ3) is 17.8. The summed E-state index contributed by atoms with van der Waals surface area (Å²) in [5.74, 6) is -9.03. The van der Waals surface area contributed by atoms with Crippen LogP contribution in [0.5, 0.6) is 0 Å². The van der Waals surface area contributed by atoms with Gasteiger partial charge < -0.3 is 114 Å². The second kappa shape index (κ2) is 33.6. The Labute approximate surface area is 661 Å². The van der Waals surface area contributed by atoms with E-state index < -0.39 is 195 Å². The van der Waals surface area contributed by atoms with Gasteiger partial charge in [0.05, 0.1) is 36.7 Å². The fraction of sp³-hybridized carbons (Fsp3) is 0.611. The van der Waals surface area contributed by atoms with Crippen LogP contribution in [0, 0.1) is 86.2 Å². The number of primary amides is 1. The van der Waals surface area contributed by atoms with Crippen molar-refractivity contribution in [3.8, 4) is 0 Å². The molecule has 1 unspecified atom stereocenters. The van der Waals surface area contributed by atoms with Gasteiger partial charge in [0, 0.05) is 93.0 Å². The van der Waals surface area contributed by atoms with Gasteiger partial charge in [0.25, 0.3) is 0 Å². The minimum Gasteiger partial charge on any atom is -0.862 e. The van der Waals surface area contributed by atoms with Crippen molar-refractivity contribution in [1.82, 2.24) is 35.1 Å². The average Bonchev–Trinajstić information content (AvgIpc) is 1.53. The molecule has 1 aromatic carbocycles. The van der Waals surface area contributed by atoms with Crippen molar-refractivity contribution in [3.05, 3.63) is 76.6 Å². The fourth-order valence-electron chi connectivity index (χ4n) is 17.7. The summed E-state index contributed by atoms with van der Waals surface area (Å²) in [4.78, 5) is 90.0. The molecule has 0 aliphatic carbocycles. The first-order valence-electron chi connectivity index (χ1n) is 36.7. The molecule has 10 heterocycles. The van der Waals surface area contributed by atoms with E-state index in [0.717, 1.165) is 11.1 Å². The number of aryl methyl sites for hydroxylation is 2. The summed E-state index contributed by atoms with van der Waals surface area (Å²) < 4.78 is 56.0. The van der Waals surface area contributed by atoms with E-state index in [-0.39, 0.29) is 80.4 Å². The van der Waals surface area contributed by atoms with E-state index in [4.69, 9.17) is 76.5 Å². The molecule has 8 bridgehead atoms. The number of imidazole rings is 2. The Morgan fingerprint density at radius 1 is 0.805 bits per heavy atom. The van der Waals surface area contributed by atoms with Gasteiger partial charge in [-0.3, -0.25) is 42.7 Å². The number of rotatable bonds is 29. The first-order chi connectivity index (χ1) is 52.1. The number of nitrogens with zero attached hydrogens (tertiary/aromatic N) is 8. The average molecular weight is 1660 g/mol. The Kier molecular flexibility index (Phi) is 26.4. The molecule has 7 aliphatic rings. The molecule has 38 nitrogen and oxygen atoms in total. The molecule has 1 radical (unpaired) electrons. The second-order valence-corrected chi connectivity index (χ2v) is 34.4. The number of aromatic nitrogens is 6. The number of phosphoric ester groups is 2. The first-order valence-corrected chi connectivity index (χ1v) is 39.7. The van der Waals surface area contributed by atoms with Gasteiger partial charge in [-0.15, -0.1) is 0 Å². The van der Waals surface area contributed by atoms with E-state index in [0.29, 0.717) is 67.6 Å². The number of nitrogens with two attached hydrogens (primary N) is 2. The van der Waals surface area contributed by atoms with Crippen molar-refractivity contribution in [2.45, 2.75) is 220 Å². The number of allylic oxidation sites excluding steroid dienone is 6. The van der Waals surface area contributed by atoms with E-state index in [1.807, 2.05) is 39.8 Å². The van der Waals surface area contributed by atoms with Gasteiger partial charge in [0.2, 0.25) is 24.4 Å². The van der Waals surface area contributed by atoms with E-state index in [9.17, 15) is 74.3 Å². The van der Waals surface area contributed by atoms with E-state index in [2.05, 4.69) is 30.6 Å². The van der Waals surface area contributed by atoms with Crippen LogP contribution in [0.4, 0.5) is 5.82 Å². The van der Waals surface area contributed by atoms with Gasteiger partial charge >= 0.3 is 32.4 Å². The van der Waals surface area contributed by atoms with Gasteiger partial charge in [-0.2, -0.15) is 4.57 Å². The van der Waals surface area contributed by atoms with Gasteiger partial charge in [-0.25, -0.2) is 29.1 Å². The van der Waals surface area contributed by atoms with Gasteiger partial charge in [-0.05, 0) is 182 Å². The number of carbonyl (C=O) groups is 2. The number of H-pyrrole nitrogens is 1. The van der Waals surface area contributed by atoms with E-state index in [1.54, 1.807) is 59.1 Å². The van der Waals surface area contributed by atoms with E-state index in [1.165, 1.54) is 30.5 Å². The number of nitrogens with one attached hydrogen (secondary N) is 8. The molecule has 3 saturated heterocycles. The number of aromatic amines is 1. The molecule has 3 aromatic heterocycles. The topological polar surface area (TPSA) is 647 Å². The van der Waals surface area contributed by atoms with E-state index >= 15 is 0 Å². The van der Waals surface area contributed by atoms with Crippen molar-refractivity contribution >= 4 is 102 Å². The minimum atomic E-state index is -5.27. The molecule has 19 atom stereocenters. The molecule has 41 heteroatoms. The molecular weight excluding hydrogens is 1560 g/mol. The molecular formula is C72H100CoN18O20P2-2. The van der Waals surface area contributed by atoms with Gasteiger partial charge in [0.15, 0.2) is 28.7 Å². The maximum absolute atomic E-state index is 14.4. The molecule has 7 aliphatic heterocycles. The van der Waals surface area contributed by atoms with Crippen LogP contribution in [-0.4, -0.2) is 180 Å². The number of anilines is 1. The number of phosphoric acid groups is 2. The molecule has 11 rings (SSSR count). The molecule has 0 spiro atoms. The van der Waals surface area contributed by atoms with Crippen molar-refractivity contribution in [2.24, 2.45) is 66.0 Å². The molecule has 113 heavy (non-hydrogen) atoms. The number of hydrogen-bond donors (Lipinski definition) is 16. The zero-order chi connectivity index (χ0) is 82.8. The second-order valence-electron chi connectivity index (χ2n) is 31.8. The van der Waals surface area contributed by atoms with Crippen molar-refractivity contribution in [1.29, 1.82) is 27.0 Å². The van der Waals surface area contributed by atoms with Crippen LogP contribution in [0.1, 0.15) is 163 Å². The Bertz CT molecular complexity index is 4730. The normalized spacial score (nSPS) is 31.2. The maximum atomic E-state index is 14.4. The van der Waals surface area contributed by atoms with Crippen LogP contribution in [0.2, 0.25) is 0 Å². The molecule has 3 fully saturated rings. The number of aliphatic hydroxyl groups is 3.